The number of hydrogen-bond donors (Lipinski definition) is 2. The van der Waals surface area contributed by atoms with Crippen LogP contribution in [-0.2, 0) is 16.1 Å². The van der Waals surface area contributed by atoms with Gasteiger partial charge in [0.1, 0.15) is 12.0 Å². The second-order valence-corrected chi connectivity index (χ2v) is 3.52. The molecule has 2 atom stereocenters. The Hall–Kier alpha value is -1.40. The topological polar surface area (TPSA) is 90.4 Å². The quantitative estimate of drug-likeness (QED) is 0.687. The number of nitrogens with one attached hydrogen (secondary N) is 1. The molecular weight excluding hydrogens is 198 g/mol. The maximum atomic E-state index is 11.6. The minimum atomic E-state index is -0.253. The number of carbonyl (C=O) groups excluding carboxylic acids is 1. The van der Waals surface area contributed by atoms with Crippen LogP contribution in [0.3, 0.4) is 0 Å². The summed E-state index contributed by atoms with van der Waals surface area (Å²) in [6, 6.07) is 1.49. The predicted molar refractivity (Wildman–Crippen MR) is 50.6 cm³/mol. The first kappa shape index (κ1) is 10.1. The average molecular weight is 211 g/mol. The standard InChI is InChI=1S/C9H13N3O3/c10-8-5-14-4-7(8)9(13)11-3-6-1-2-15-12-6/h1-2,7-8H,3-5,10H2,(H,11,13). The van der Waals surface area contributed by atoms with Crippen molar-refractivity contribution < 1.29 is 14.1 Å². The van der Waals surface area contributed by atoms with E-state index in [1.54, 1.807) is 6.07 Å². The van der Waals surface area contributed by atoms with Gasteiger partial charge >= 0.3 is 0 Å². The zero-order valence-electron chi connectivity index (χ0n) is 8.18. The zero-order chi connectivity index (χ0) is 10.7. The van der Waals surface area contributed by atoms with Crippen LogP contribution < -0.4 is 11.1 Å². The van der Waals surface area contributed by atoms with Crippen LogP contribution in [0, 0.1) is 5.92 Å². The van der Waals surface area contributed by atoms with Gasteiger partial charge in [-0.25, -0.2) is 0 Å². The molecule has 0 aliphatic carbocycles. The summed E-state index contributed by atoms with van der Waals surface area (Å²) in [6.07, 6.45) is 1.46. The third-order valence-electron chi connectivity index (χ3n) is 2.40. The molecule has 6 heteroatoms. The van der Waals surface area contributed by atoms with Gasteiger partial charge < -0.3 is 20.3 Å². The Bertz CT molecular complexity index is 325. The molecule has 1 amide bonds. The molecule has 1 aromatic rings. The summed E-state index contributed by atoms with van der Waals surface area (Å²) in [7, 11) is 0. The lowest BCUT2D eigenvalue weighted by atomic mass is 10.0. The Kier molecular flexibility index (Phi) is 2.98. The molecule has 6 nitrogen and oxygen atoms in total. The summed E-state index contributed by atoms with van der Waals surface area (Å²) in [5, 5.41) is 6.42. The molecule has 1 aromatic heterocycles. The normalized spacial score (nSPS) is 25.4. The van der Waals surface area contributed by atoms with Crippen molar-refractivity contribution in [2.45, 2.75) is 12.6 Å². The van der Waals surface area contributed by atoms with Gasteiger partial charge in [0.2, 0.25) is 5.91 Å². The van der Waals surface area contributed by atoms with Crippen LogP contribution in [0.15, 0.2) is 16.9 Å². The predicted octanol–water partition coefficient (Wildman–Crippen LogP) is -0.735. The molecule has 1 aliphatic rings. The Labute approximate surface area is 86.7 Å². The van der Waals surface area contributed by atoms with Gasteiger partial charge in [-0.3, -0.25) is 4.79 Å². The number of carbonyl (C=O) groups is 1. The lowest BCUT2D eigenvalue weighted by molar-refractivity contribution is -0.125. The van der Waals surface area contributed by atoms with E-state index in [2.05, 4.69) is 15.0 Å². The van der Waals surface area contributed by atoms with Gasteiger partial charge in [0.25, 0.3) is 0 Å². The molecule has 0 aromatic carbocycles. The van der Waals surface area contributed by atoms with Crippen LogP contribution in [0.2, 0.25) is 0 Å². The fourth-order valence-electron chi connectivity index (χ4n) is 1.48. The minimum Gasteiger partial charge on any atom is -0.379 e. The smallest absolute Gasteiger partial charge is 0.227 e. The van der Waals surface area contributed by atoms with Crippen molar-refractivity contribution in [3.8, 4) is 0 Å². The zero-order valence-corrected chi connectivity index (χ0v) is 8.18. The molecule has 3 N–H and O–H groups in total. The summed E-state index contributed by atoms with van der Waals surface area (Å²) < 4.78 is 9.75. The number of nitrogens with two attached hydrogens (primary N) is 1. The number of ether oxygens (including phenoxy) is 1. The largest absolute Gasteiger partial charge is 0.379 e. The lowest BCUT2D eigenvalue weighted by Gasteiger charge is -2.12. The van der Waals surface area contributed by atoms with Crippen molar-refractivity contribution in [3.63, 3.8) is 0 Å². The first-order chi connectivity index (χ1) is 7.27. The Morgan fingerprint density at radius 3 is 3.13 bits per heavy atom. The van der Waals surface area contributed by atoms with E-state index in [1.165, 1.54) is 6.26 Å². The molecule has 0 spiro atoms. The monoisotopic (exact) mass is 211 g/mol. The molecule has 0 radical (unpaired) electrons. The fourth-order valence-corrected chi connectivity index (χ4v) is 1.48. The molecule has 0 bridgehead atoms. The van der Waals surface area contributed by atoms with Crippen molar-refractivity contribution in [1.82, 2.24) is 10.5 Å². The van der Waals surface area contributed by atoms with Crippen molar-refractivity contribution in [2.75, 3.05) is 13.2 Å². The Morgan fingerprint density at radius 1 is 1.67 bits per heavy atom. The van der Waals surface area contributed by atoms with Crippen molar-refractivity contribution >= 4 is 5.91 Å². The van der Waals surface area contributed by atoms with Gasteiger partial charge in [-0.1, -0.05) is 5.16 Å². The van der Waals surface area contributed by atoms with E-state index in [0.717, 1.165) is 0 Å². The average Bonchev–Trinajstić information content (AvgIpc) is 2.84. The fraction of sp³-hybridized carbons (Fsp3) is 0.556. The van der Waals surface area contributed by atoms with Crippen LogP contribution >= 0.6 is 0 Å². The Morgan fingerprint density at radius 2 is 2.53 bits per heavy atom. The third-order valence-corrected chi connectivity index (χ3v) is 2.40. The number of nitrogens with zero attached hydrogens (tertiary/aromatic N) is 1. The summed E-state index contributed by atoms with van der Waals surface area (Å²) in [4.78, 5) is 11.6. The SMILES string of the molecule is NC1COCC1C(=O)NCc1ccon1. The highest BCUT2D eigenvalue weighted by Gasteiger charge is 2.31. The van der Waals surface area contributed by atoms with Gasteiger partial charge in [0, 0.05) is 12.1 Å². The van der Waals surface area contributed by atoms with Gasteiger partial charge in [0.15, 0.2) is 0 Å². The second-order valence-electron chi connectivity index (χ2n) is 3.52. The molecule has 2 rings (SSSR count). The molecule has 1 saturated heterocycles. The van der Waals surface area contributed by atoms with Gasteiger partial charge in [0.05, 0.1) is 25.7 Å². The highest BCUT2D eigenvalue weighted by atomic mass is 16.5. The van der Waals surface area contributed by atoms with Gasteiger partial charge in [-0.15, -0.1) is 0 Å². The third kappa shape index (κ3) is 2.34. The molecule has 82 valence electrons. The van der Waals surface area contributed by atoms with Crippen LogP contribution in [-0.4, -0.2) is 30.3 Å². The van der Waals surface area contributed by atoms with E-state index in [0.29, 0.717) is 25.5 Å². The van der Waals surface area contributed by atoms with E-state index in [4.69, 9.17) is 10.5 Å². The second kappa shape index (κ2) is 4.41. The summed E-state index contributed by atoms with van der Waals surface area (Å²) >= 11 is 0. The van der Waals surface area contributed by atoms with Crippen molar-refractivity contribution in [1.29, 1.82) is 0 Å². The van der Waals surface area contributed by atoms with Crippen molar-refractivity contribution in [2.24, 2.45) is 11.7 Å². The van der Waals surface area contributed by atoms with Crippen LogP contribution in [0.1, 0.15) is 5.69 Å². The Balaban J connectivity index is 1.82. The van der Waals surface area contributed by atoms with Gasteiger partial charge in [-0.05, 0) is 0 Å². The first-order valence-corrected chi connectivity index (χ1v) is 4.77. The molecule has 2 heterocycles. The van der Waals surface area contributed by atoms with Gasteiger partial charge in [-0.2, -0.15) is 0 Å². The maximum absolute atomic E-state index is 11.6. The number of hydrogen-bond acceptors (Lipinski definition) is 5. The maximum Gasteiger partial charge on any atom is 0.227 e. The number of rotatable bonds is 3. The molecular formula is C9H13N3O3. The number of aromatic nitrogens is 1. The van der Waals surface area contributed by atoms with Crippen LogP contribution in [0.5, 0.6) is 0 Å². The highest BCUT2D eigenvalue weighted by Crippen LogP contribution is 2.11. The van der Waals surface area contributed by atoms with E-state index in [1.807, 2.05) is 0 Å². The summed E-state index contributed by atoms with van der Waals surface area (Å²) in [6.45, 7) is 1.20. The summed E-state index contributed by atoms with van der Waals surface area (Å²) in [5.74, 6) is -0.347. The molecule has 15 heavy (non-hydrogen) atoms. The van der Waals surface area contributed by atoms with E-state index >= 15 is 0 Å². The highest BCUT2D eigenvalue weighted by molar-refractivity contribution is 5.79. The van der Waals surface area contributed by atoms with Crippen LogP contribution in [0.4, 0.5) is 0 Å². The van der Waals surface area contributed by atoms with Crippen molar-refractivity contribution in [3.05, 3.63) is 18.0 Å². The molecule has 2 unspecified atom stereocenters. The minimum absolute atomic E-state index is 0.0944. The molecule has 1 fully saturated rings. The summed E-state index contributed by atoms with van der Waals surface area (Å²) in [5.41, 5.74) is 6.40. The number of amides is 1. The van der Waals surface area contributed by atoms with E-state index < -0.39 is 0 Å². The first-order valence-electron chi connectivity index (χ1n) is 4.77. The van der Waals surface area contributed by atoms with E-state index in [-0.39, 0.29) is 17.9 Å². The molecule has 0 saturated carbocycles. The van der Waals surface area contributed by atoms with E-state index in [9.17, 15) is 4.79 Å². The molecule has 1 aliphatic heterocycles. The van der Waals surface area contributed by atoms with Crippen LogP contribution in [0.25, 0.3) is 0 Å². The lowest BCUT2D eigenvalue weighted by Crippen LogP contribution is -2.40.